The fraction of sp³-hybridized carbons (Fsp3) is 0.370. The standard InChI is InChI=1S/C27H32O3/c1-17(13-25(29)30)7-8-19-9-10-24(28)21(15-19)20-16-23-22(14-18(20)2)26(3,4)11-12-27(23,5)6/h7-10,13-16,28H,11-12H2,1-6H3,(H,29,30). The first-order valence-corrected chi connectivity index (χ1v) is 10.5. The molecule has 0 spiro atoms. The Bertz CT molecular complexity index is 1050. The lowest BCUT2D eigenvalue weighted by atomic mass is 9.62. The molecular formula is C27H32O3. The molecule has 3 nitrogen and oxygen atoms in total. The molecule has 2 aromatic carbocycles. The van der Waals surface area contributed by atoms with E-state index in [1.54, 1.807) is 19.1 Å². The van der Waals surface area contributed by atoms with Gasteiger partial charge in [-0.3, -0.25) is 0 Å². The third-order valence-electron chi connectivity index (χ3n) is 6.40. The normalized spacial score (nSPS) is 17.7. The molecule has 0 saturated heterocycles. The van der Waals surface area contributed by atoms with Crippen LogP contribution in [0.1, 0.15) is 69.7 Å². The number of hydrogen-bond donors (Lipinski definition) is 2. The minimum atomic E-state index is -0.959. The van der Waals surface area contributed by atoms with Gasteiger partial charge in [0.2, 0.25) is 0 Å². The van der Waals surface area contributed by atoms with Crippen molar-refractivity contribution in [2.45, 2.75) is 65.2 Å². The summed E-state index contributed by atoms with van der Waals surface area (Å²) in [5.74, 6) is -0.709. The summed E-state index contributed by atoms with van der Waals surface area (Å²) in [5, 5.41) is 19.5. The van der Waals surface area contributed by atoms with Crippen molar-refractivity contribution in [2.24, 2.45) is 0 Å². The van der Waals surface area contributed by atoms with Gasteiger partial charge in [-0.05, 0) is 89.1 Å². The molecule has 0 fully saturated rings. The van der Waals surface area contributed by atoms with Crippen LogP contribution in [0, 0.1) is 6.92 Å². The van der Waals surface area contributed by atoms with Crippen LogP contribution in [0.2, 0.25) is 0 Å². The van der Waals surface area contributed by atoms with Crippen LogP contribution in [0.25, 0.3) is 17.2 Å². The molecule has 0 saturated carbocycles. The molecule has 0 aliphatic heterocycles. The second kappa shape index (κ2) is 7.79. The first-order valence-electron chi connectivity index (χ1n) is 10.5. The SMILES string of the molecule is CC(C=Cc1ccc(O)c(-c2cc3c(cc2C)C(C)(C)CCC3(C)C)c1)=CC(=O)O. The molecule has 0 heterocycles. The number of carbonyl (C=O) groups is 1. The molecule has 3 heteroatoms. The van der Waals surface area contributed by atoms with Gasteiger partial charge in [0, 0.05) is 11.6 Å². The molecule has 0 bridgehead atoms. The molecule has 0 atom stereocenters. The lowest BCUT2D eigenvalue weighted by Gasteiger charge is -2.42. The van der Waals surface area contributed by atoms with Crippen molar-refractivity contribution < 1.29 is 15.0 Å². The maximum Gasteiger partial charge on any atom is 0.328 e. The minimum Gasteiger partial charge on any atom is -0.507 e. The fourth-order valence-corrected chi connectivity index (χ4v) is 4.36. The third kappa shape index (κ3) is 4.35. The zero-order valence-corrected chi connectivity index (χ0v) is 18.8. The van der Waals surface area contributed by atoms with Crippen LogP contribution < -0.4 is 0 Å². The fourth-order valence-electron chi connectivity index (χ4n) is 4.36. The minimum absolute atomic E-state index is 0.0964. The van der Waals surface area contributed by atoms with E-state index < -0.39 is 5.97 Å². The number of benzene rings is 2. The first kappa shape index (κ1) is 21.9. The van der Waals surface area contributed by atoms with E-state index >= 15 is 0 Å². The third-order valence-corrected chi connectivity index (χ3v) is 6.40. The Morgan fingerprint density at radius 1 is 0.967 bits per heavy atom. The van der Waals surface area contributed by atoms with Crippen LogP contribution in [0.5, 0.6) is 5.75 Å². The number of allylic oxidation sites excluding steroid dienone is 2. The number of aromatic hydroxyl groups is 1. The molecule has 3 rings (SSSR count). The molecule has 0 amide bonds. The Hall–Kier alpha value is -2.81. The number of carboxylic acids is 1. The maximum atomic E-state index is 10.8. The van der Waals surface area contributed by atoms with E-state index in [1.165, 1.54) is 23.6 Å². The highest BCUT2D eigenvalue weighted by molar-refractivity contribution is 5.82. The molecule has 0 radical (unpaired) electrons. The first-order chi connectivity index (χ1) is 13.9. The van der Waals surface area contributed by atoms with Gasteiger partial charge in [0.15, 0.2) is 0 Å². The second-order valence-corrected chi connectivity index (χ2v) is 9.82. The van der Waals surface area contributed by atoms with Gasteiger partial charge in [0.25, 0.3) is 0 Å². The van der Waals surface area contributed by atoms with Crippen molar-refractivity contribution in [3.8, 4) is 16.9 Å². The molecular weight excluding hydrogens is 372 g/mol. The number of aryl methyl sites for hydroxylation is 1. The molecule has 2 aromatic rings. The van der Waals surface area contributed by atoms with Crippen LogP contribution in [-0.4, -0.2) is 16.2 Å². The van der Waals surface area contributed by atoms with Gasteiger partial charge < -0.3 is 10.2 Å². The lowest BCUT2D eigenvalue weighted by molar-refractivity contribution is -0.131. The second-order valence-electron chi connectivity index (χ2n) is 9.82. The van der Waals surface area contributed by atoms with Crippen LogP contribution >= 0.6 is 0 Å². The Morgan fingerprint density at radius 2 is 1.57 bits per heavy atom. The summed E-state index contributed by atoms with van der Waals surface area (Å²) in [4.78, 5) is 10.8. The smallest absolute Gasteiger partial charge is 0.328 e. The largest absolute Gasteiger partial charge is 0.507 e. The number of phenols is 1. The number of phenolic OH excluding ortho intramolecular Hbond substituents is 1. The summed E-state index contributed by atoms with van der Waals surface area (Å²) in [5.41, 5.74) is 7.58. The van der Waals surface area contributed by atoms with E-state index in [1.807, 2.05) is 18.2 Å². The van der Waals surface area contributed by atoms with E-state index in [0.717, 1.165) is 28.7 Å². The van der Waals surface area contributed by atoms with Crippen LogP contribution in [-0.2, 0) is 15.6 Å². The van der Waals surface area contributed by atoms with Crippen LogP contribution in [0.3, 0.4) is 0 Å². The van der Waals surface area contributed by atoms with Crippen LogP contribution in [0.4, 0.5) is 0 Å². The van der Waals surface area contributed by atoms with Crippen molar-refractivity contribution in [1.29, 1.82) is 0 Å². The number of carboxylic acid groups (broad SMARTS) is 1. The zero-order valence-electron chi connectivity index (χ0n) is 18.8. The van der Waals surface area contributed by atoms with Gasteiger partial charge in [-0.15, -0.1) is 0 Å². The van der Waals surface area contributed by atoms with E-state index in [0.29, 0.717) is 5.57 Å². The molecule has 0 aromatic heterocycles. The number of hydrogen-bond acceptors (Lipinski definition) is 2. The number of rotatable bonds is 4. The highest BCUT2D eigenvalue weighted by atomic mass is 16.4. The molecule has 2 N–H and O–H groups in total. The Morgan fingerprint density at radius 3 is 2.17 bits per heavy atom. The molecule has 0 unspecified atom stereocenters. The van der Waals surface area contributed by atoms with Gasteiger partial charge >= 0.3 is 5.97 Å². The average Bonchev–Trinajstić information content (AvgIpc) is 2.64. The van der Waals surface area contributed by atoms with Gasteiger partial charge in [-0.1, -0.05) is 52.0 Å². The Kier molecular flexibility index (Phi) is 5.68. The summed E-state index contributed by atoms with van der Waals surface area (Å²) in [7, 11) is 0. The summed E-state index contributed by atoms with van der Waals surface area (Å²) in [6, 6.07) is 10.1. The predicted molar refractivity (Wildman–Crippen MR) is 124 cm³/mol. The summed E-state index contributed by atoms with van der Waals surface area (Å²) in [6.45, 7) is 13.1. The van der Waals surface area contributed by atoms with Crippen LogP contribution in [0.15, 0.2) is 48.1 Å². The van der Waals surface area contributed by atoms with E-state index in [9.17, 15) is 9.90 Å². The van der Waals surface area contributed by atoms with Crippen molar-refractivity contribution in [3.05, 3.63) is 70.3 Å². The highest BCUT2D eigenvalue weighted by Crippen LogP contribution is 2.48. The van der Waals surface area contributed by atoms with Crippen molar-refractivity contribution in [2.75, 3.05) is 0 Å². The highest BCUT2D eigenvalue weighted by Gasteiger charge is 2.37. The van der Waals surface area contributed by atoms with E-state index in [2.05, 4.69) is 46.8 Å². The average molecular weight is 405 g/mol. The summed E-state index contributed by atoms with van der Waals surface area (Å²) < 4.78 is 0. The van der Waals surface area contributed by atoms with Crippen molar-refractivity contribution in [3.63, 3.8) is 0 Å². The quantitative estimate of drug-likeness (QED) is 0.437. The monoisotopic (exact) mass is 404 g/mol. The zero-order chi connectivity index (χ0) is 22.3. The predicted octanol–water partition coefficient (Wildman–Crippen LogP) is 6.76. The van der Waals surface area contributed by atoms with Gasteiger partial charge in [0.1, 0.15) is 5.75 Å². The molecule has 1 aliphatic rings. The molecule has 158 valence electrons. The lowest BCUT2D eigenvalue weighted by Crippen LogP contribution is -2.34. The summed E-state index contributed by atoms with van der Waals surface area (Å²) >= 11 is 0. The van der Waals surface area contributed by atoms with Gasteiger partial charge in [-0.25, -0.2) is 4.79 Å². The van der Waals surface area contributed by atoms with Gasteiger partial charge in [-0.2, -0.15) is 0 Å². The Balaban J connectivity index is 2.11. The van der Waals surface area contributed by atoms with Crippen molar-refractivity contribution in [1.82, 2.24) is 0 Å². The maximum absolute atomic E-state index is 10.8. The van der Waals surface area contributed by atoms with Gasteiger partial charge in [0.05, 0.1) is 0 Å². The van der Waals surface area contributed by atoms with E-state index in [4.69, 9.17) is 5.11 Å². The topological polar surface area (TPSA) is 57.5 Å². The molecule has 1 aliphatic carbocycles. The molecule has 30 heavy (non-hydrogen) atoms. The Labute approximate surface area is 179 Å². The summed E-state index contributed by atoms with van der Waals surface area (Å²) in [6.07, 6.45) is 7.13. The number of fused-ring (bicyclic) bond motifs is 1. The van der Waals surface area contributed by atoms with Crippen molar-refractivity contribution >= 4 is 12.0 Å². The number of aliphatic carboxylic acids is 1. The van der Waals surface area contributed by atoms with E-state index in [-0.39, 0.29) is 16.6 Å².